The summed E-state index contributed by atoms with van der Waals surface area (Å²) in [4.78, 5) is 34.6. The van der Waals surface area contributed by atoms with Crippen LogP contribution in [-0.4, -0.2) is 54.2 Å². The predicted molar refractivity (Wildman–Crippen MR) is 109 cm³/mol. The molecule has 0 aliphatic carbocycles. The molecule has 2 heterocycles. The van der Waals surface area contributed by atoms with Gasteiger partial charge in [-0.05, 0) is 36.6 Å². The number of hydrogen-bond acceptors (Lipinski definition) is 7. The molecule has 26 heavy (non-hydrogen) atoms. The van der Waals surface area contributed by atoms with Gasteiger partial charge >= 0.3 is 5.97 Å². The minimum Gasteiger partial charge on any atom is -0.480 e. The summed E-state index contributed by atoms with van der Waals surface area (Å²) in [6.45, 7) is 0. The van der Waals surface area contributed by atoms with Gasteiger partial charge in [0.15, 0.2) is 0 Å². The first-order valence-corrected chi connectivity index (χ1v) is 10.3. The van der Waals surface area contributed by atoms with Crippen LogP contribution in [-0.2, 0) is 9.59 Å². The Hall–Kier alpha value is -1.97. The molecule has 1 atom stereocenters. The molecule has 0 spiro atoms. The van der Waals surface area contributed by atoms with Crippen molar-refractivity contribution in [3.05, 3.63) is 41.1 Å². The van der Waals surface area contributed by atoms with Gasteiger partial charge in [0.1, 0.15) is 10.4 Å². The number of thioether (sulfide) groups is 2. The van der Waals surface area contributed by atoms with Crippen molar-refractivity contribution in [1.29, 1.82) is 0 Å². The molecule has 1 amide bonds. The first-order valence-electron chi connectivity index (χ1n) is 7.72. The molecule has 1 fully saturated rings. The Morgan fingerprint density at radius 2 is 2.15 bits per heavy atom. The van der Waals surface area contributed by atoms with Gasteiger partial charge in [-0.1, -0.05) is 36.1 Å². The lowest BCUT2D eigenvalue weighted by Crippen LogP contribution is -2.44. The normalized spacial score (nSPS) is 17.3. The fourth-order valence-corrected chi connectivity index (χ4v) is 4.32. The number of hydrogen-bond donors (Lipinski definition) is 1. The fraction of sp³-hybridized carbons (Fsp3) is 0.235. The lowest BCUT2D eigenvalue weighted by molar-refractivity contribution is -0.145. The van der Waals surface area contributed by atoms with E-state index in [1.165, 1.54) is 16.7 Å². The average Bonchev–Trinajstić information content (AvgIpc) is 2.89. The maximum Gasteiger partial charge on any atom is 0.326 e. The van der Waals surface area contributed by atoms with E-state index >= 15 is 0 Å². The number of aliphatic carboxylic acids is 1. The fourth-order valence-electron chi connectivity index (χ4n) is 2.52. The molecule has 2 aromatic rings. The predicted octanol–water partition coefficient (Wildman–Crippen LogP) is 3.04. The quantitative estimate of drug-likeness (QED) is 0.580. The number of nitrogens with zero attached hydrogens (tertiary/aromatic N) is 3. The van der Waals surface area contributed by atoms with Crippen molar-refractivity contribution in [3.8, 4) is 0 Å². The summed E-state index contributed by atoms with van der Waals surface area (Å²) >= 11 is 7.88. The van der Waals surface area contributed by atoms with Crippen molar-refractivity contribution < 1.29 is 14.7 Å². The Balaban J connectivity index is 1.89. The van der Waals surface area contributed by atoms with Crippen molar-refractivity contribution in [2.75, 3.05) is 12.0 Å². The molecule has 0 bridgehead atoms. The molecule has 1 aliphatic rings. The molecule has 3 rings (SSSR count). The van der Waals surface area contributed by atoms with Gasteiger partial charge in [0.25, 0.3) is 5.91 Å². The van der Waals surface area contributed by atoms with E-state index in [0.29, 0.717) is 22.8 Å². The highest BCUT2D eigenvalue weighted by atomic mass is 32.2. The van der Waals surface area contributed by atoms with Crippen molar-refractivity contribution in [3.63, 3.8) is 0 Å². The Morgan fingerprint density at radius 3 is 2.85 bits per heavy atom. The number of benzene rings is 1. The van der Waals surface area contributed by atoms with Crippen LogP contribution in [0.4, 0.5) is 0 Å². The minimum atomic E-state index is -1.05. The standard InChI is InChI=1S/C17H15N3O3S3/c1-25-7-6-13(16(22)23)20-15(21)14(26-17(20)24)8-10-9-18-11-4-2-3-5-12(11)19-10/h2-5,8-9,13H,6-7H2,1H3,(H,22,23)/b14-8-/t13-/m0/s1. The van der Waals surface area contributed by atoms with E-state index in [1.54, 1.807) is 12.3 Å². The number of carbonyl (C=O) groups excluding carboxylic acids is 1. The summed E-state index contributed by atoms with van der Waals surface area (Å²) < 4.78 is 0.253. The SMILES string of the molecule is CSCC[C@@H](C(=O)O)N1C(=O)/C(=C/c2cnc3ccccc3n2)SC1=S. The van der Waals surface area contributed by atoms with Gasteiger partial charge in [0.2, 0.25) is 0 Å². The molecular weight excluding hydrogens is 390 g/mol. The van der Waals surface area contributed by atoms with E-state index in [4.69, 9.17) is 12.2 Å². The molecule has 1 saturated heterocycles. The average molecular weight is 406 g/mol. The highest BCUT2D eigenvalue weighted by Crippen LogP contribution is 2.34. The second-order valence-corrected chi connectivity index (χ2v) is 8.13. The molecule has 0 saturated carbocycles. The second kappa shape index (κ2) is 8.15. The Labute approximate surface area is 164 Å². The van der Waals surface area contributed by atoms with Gasteiger partial charge in [-0.2, -0.15) is 11.8 Å². The zero-order chi connectivity index (χ0) is 18.7. The molecule has 0 unspecified atom stereocenters. The molecule has 134 valence electrons. The van der Waals surface area contributed by atoms with E-state index in [9.17, 15) is 14.7 Å². The second-order valence-electron chi connectivity index (χ2n) is 5.47. The van der Waals surface area contributed by atoms with Crippen LogP contribution >= 0.6 is 35.7 Å². The Bertz CT molecular complexity index is 916. The van der Waals surface area contributed by atoms with E-state index in [0.717, 1.165) is 22.8 Å². The number of aromatic nitrogens is 2. The maximum atomic E-state index is 12.7. The van der Waals surface area contributed by atoms with Gasteiger partial charge < -0.3 is 5.11 Å². The van der Waals surface area contributed by atoms with Gasteiger partial charge in [-0.3, -0.25) is 14.7 Å². The van der Waals surface area contributed by atoms with Gasteiger partial charge in [-0.25, -0.2) is 9.78 Å². The number of rotatable bonds is 6. The highest BCUT2D eigenvalue weighted by Gasteiger charge is 2.40. The molecule has 1 N–H and O–H groups in total. The molecule has 1 aromatic heterocycles. The first kappa shape index (κ1) is 18.8. The molecule has 1 aromatic carbocycles. The number of carboxylic acid groups (broad SMARTS) is 1. The van der Waals surface area contributed by atoms with Crippen molar-refractivity contribution >= 4 is 69.0 Å². The van der Waals surface area contributed by atoms with Crippen LogP contribution in [0.5, 0.6) is 0 Å². The lowest BCUT2D eigenvalue weighted by atomic mass is 10.2. The summed E-state index contributed by atoms with van der Waals surface area (Å²) in [7, 11) is 0. The molecule has 6 nitrogen and oxygen atoms in total. The van der Waals surface area contributed by atoms with Gasteiger partial charge in [0, 0.05) is 0 Å². The number of thiocarbonyl (C=S) groups is 1. The third-order valence-electron chi connectivity index (χ3n) is 3.76. The number of amides is 1. The lowest BCUT2D eigenvalue weighted by Gasteiger charge is -2.22. The third-order valence-corrected chi connectivity index (χ3v) is 5.74. The van der Waals surface area contributed by atoms with Gasteiger partial charge in [-0.15, -0.1) is 0 Å². The van der Waals surface area contributed by atoms with Crippen LogP contribution in [0.25, 0.3) is 17.1 Å². The zero-order valence-electron chi connectivity index (χ0n) is 13.8. The van der Waals surface area contributed by atoms with Crippen LogP contribution in [0, 0.1) is 0 Å². The van der Waals surface area contributed by atoms with Crippen LogP contribution in [0.2, 0.25) is 0 Å². The molecule has 9 heteroatoms. The Morgan fingerprint density at radius 1 is 1.42 bits per heavy atom. The van der Waals surface area contributed by atoms with E-state index in [2.05, 4.69) is 9.97 Å². The number of carboxylic acids is 1. The van der Waals surface area contributed by atoms with Crippen LogP contribution in [0.15, 0.2) is 35.4 Å². The van der Waals surface area contributed by atoms with E-state index in [1.807, 2.05) is 30.5 Å². The van der Waals surface area contributed by atoms with Crippen molar-refractivity contribution in [1.82, 2.24) is 14.9 Å². The third kappa shape index (κ3) is 3.89. The van der Waals surface area contributed by atoms with Gasteiger partial charge in [0.05, 0.1) is 27.8 Å². The summed E-state index contributed by atoms with van der Waals surface area (Å²) in [6.07, 6.45) is 5.41. The zero-order valence-corrected chi connectivity index (χ0v) is 16.2. The number of fused-ring (bicyclic) bond motifs is 1. The molecule has 0 radical (unpaired) electrons. The molecular formula is C17H15N3O3S3. The monoisotopic (exact) mass is 405 g/mol. The number of carbonyl (C=O) groups is 2. The Kier molecular flexibility index (Phi) is 5.90. The van der Waals surface area contributed by atoms with Crippen LogP contribution < -0.4 is 0 Å². The molecule has 1 aliphatic heterocycles. The number of para-hydroxylation sites is 2. The smallest absolute Gasteiger partial charge is 0.326 e. The minimum absolute atomic E-state index is 0.253. The highest BCUT2D eigenvalue weighted by molar-refractivity contribution is 8.26. The van der Waals surface area contributed by atoms with E-state index < -0.39 is 17.9 Å². The van der Waals surface area contributed by atoms with Crippen LogP contribution in [0.1, 0.15) is 12.1 Å². The summed E-state index contributed by atoms with van der Waals surface area (Å²) in [5.41, 5.74) is 2.01. The largest absolute Gasteiger partial charge is 0.480 e. The summed E-state index contributed by atoms with van der Waals surface area (Å²) in [5, 5.41) is 9.48. The van der Waals surface area contributed by atoms with Crippen LogP contribution in [0.3, 0.4) is 0 Å². The van der Waals surface area contributed by atoms with Crippen molar-refractivity contribution in [2.24, 2.45) is 0 Å². The van der Waals surface area contributed by atoms with E-state index in [-0.39, 0.29) is 4.32 Å². The maximum absolute atomic E-state index is 12.7. The first-order chi connectivity index (χ1) is 12.5. The topological polar surface area (TPSA) is 83.4 Å². The summed E-state index contributed by atoms with van der Waals surface area (Å²) in [5.74, 6) is -0.825. The summed E-state index contributed by atoms with van der Waals surface area (Å²) in [6, 6.07) is 6.48. The van der Waals surface area contributed by atoms with Crippen molar-refractivity contribution in [2.45, 2.75) is 12.5 Å².